The normalized spacial score (nSPS) is 15.3. The molecule has 0 N–H and O–H groups in total. The third-order valence-corrected chi connectivity index (χ3v) is 5.55. The van der Waals surface area contributed by atoms with Crippen LogP contribution in [0.25, 0.3) is 0 Å². The summed E-state index contributed by atoms with van der Waals surface area (Å²) in [7, 11) is 0. The van der Waals surface area contributed by atoms with Crippen molar-refractivity contribution in [2.75, 3.05) is 0 Å². The van der Waals surface area contributed by atoms with Crippen LogP contribution in [0.2, 0.25) is 0 Å². The second-order valence-electron chi connectivity index (χ2n) is 8.82. The smallest absolute Gasteiger partial charge is 0.432 e. The van der Waals surface area contributed by atoms with Gasteiger partial charge in [-0.05, 0) is 0 Å². The number of carbonyl (C=O) groups excluding carboxylic acids is 1. The number of halogens is 27. The molecular formula is C20H3F27O4. The molecule has 4 nitrogen and oxygen atoms in total. The van der Waals surface area contributed by atoms with Gasteiger partial charge in [-0.15, -0.1) is 0 Å². The van der Waals surface area contributed by atoms with Gasteiger partial charge in [0.05, 0.1) is 5.56 Å². The molecule has 0 amide bonds. The second-order valence-corrected chi connectivity index (χ2v) is 8.82. The molecule has 0 bridgehead atoms. The summed E-state index contributed by atoms with van der Waals surface area (Å²) in [5.41, 5.74) is -13.1. The van der Waals surface area contributed by atoms with Crippen LogP contribution in [0.3, 0.4) is 0 Å². The Morgan fingerprint density at radius 2 is 0.686 bits per heavy atom. The lowest BCUT2D eigenvalue weighted by molar-refractivity contribution is -0.546. The molecule has 0 aliphatic rings. The van der Waals surface area contributed by atoms with Crippen LogP contribution in [-0.4, -0.2) is 66.4 Å². The predicted octanol–water partition coefficient (Wildman–Crippen LogP) is 9.38. The Morgan fingerprint density at radius 3 is 0.922 bits per heavy atom. The van der Waals surface area contributed by atoms with Crippen molar-refractivity contribution in [1.29, 1.82) is 0 Å². The van der Waals surface area contributed by atoms with E-state index in [1.807, 2.05) is 6.58 Å². The number of esters is 1. The minimum atomic E-state index is -8.74. The van der Waals surface area contributed by atoms with Crippen LogP contribution in [0.15, 0.2) is 12.7 Å². The van der Waals surface area contributed by atoms with Crippen LogP contribution in [0, 0.1) is 29.1 Å². The van der Waals surface area contributed by atoms with Gasteiger partial charge in [0.1, 0.15) is 0 Å². The fraction of sp³-hybridized carbons (Fsp3) is 0.550. The van der Waals surface area contributed by atoms with E-state index in [2.05, 4.69) is 4.74 Å². The molecule has 0 heterocycles. The highest BCUT2D eigenvalue weighted by Gasteiger charge is 2.89. The zero-order valence-corrected chi connectivity index (χ0v) is 22.1. The molecule has 1 rings (SSSR count). The van der Waals surface area contributed by atoms with Gasteiger partial charge in [-0.1, -0.05) is 6.58 Å². The molecule has 0 aliphatic heterocycles. The maximum atomic E-state index is 15.3. The lowest BCUT2D eigenvalue weighted by Gasteiger charge is -2.45. The highest BCUT2D eigenvalue weighted by Crippen LogP contribution is 2.62. The molecule has 0 saturated carbocycles. The van der Waals surface area contributed by atoms with E-state index in [9.17, 15) is 106 Å². The summed E-state index contributed by atoms with van der Waals surface area (Å²) < 4.78 is 375. The summed E-state index contributed by atoms with van der Waals surface area (Å²) in [6.45, 7) is 2.02. The lowest BCUT2D eigenvalue weighted by atomic mass is 9.88. The molecule has 0 radical (unpaired) electrons. The molecule has 0 aliphatic carbocycles. The van der Waals surface area contributed by atoms with Gasteiger partial charge in [-0.25, -0.2) is 36.2 Å². The van der Waals surface area contributed by atoms with E-state index in [1.165, 1.54) is 9.47 Å². The number of hydrogen-bond acceptors (Lipinski definition) is 4. The lowest BCUT2D eigenvalue weighted by Crippen LogP contribution is -2.70. The van der Waals surface area contributed by atoms with Crippen LogP contribution in [0.5, 0.6) is 0 Å². The van der Waals surface area contributed by atoms with E-state index in [0.29, 0.717) is 0 Å². The summed E-state index contributed by atoms with van der Waals surface area (Å²) in [5, 5.41) is 0. The third kappa shape index (κ3) is 6.66. The molecule has 1 aromatic rings. The fourth-order valence-corrected chi connectivity index (χ4v) is 3.05. The van der Waals surface area contributed by atoms with E-state index in [0.717, 1.165) is 0 Å². The monoisotopic (exact) mass is 820 g/mol. The predicted molar refractivity (Wildman–Crippen MR) is 98.1 cm³/mol. The van der Waals surface area contributed by atoms with Crippen molar-refractivity contribution < 1.29 is 138 Å². The van der Waals surface area contributed by atoms with Gasteiger partial charge in [0.15, 0.2) is 23.3 Å². The molecule has 51 heavy (non-hydrogen) atoms. The van der Waals surface area contributed by atoms with Gasteiger partial charge in [-0.2, -0.15) is 96.6 Å². The Kier molecular flexibility index (Phi) is 11.2. The first-order valence-corrected chi connectivity index (χ1v) is 11.0. The quantitative estimate of drug-likeness (QED) is 0.0655. The summed E-state index contributed by atoms with van der Waals surface area (Å²) in [6, 6.07) is 0. The molecule has 0 spiro atoms. The van der Waals surface area contributed by atoms with Gasteiger partial charge >= 0.3 is 72.0 Å². The van der Waals surface area contributed by atoms with E-state index < -0.39 is 113 Å². The number of benzene rings is 1. The first kappa shape index (κ1) is 45.5. The highest BCUT2D eigenvalue weighted by atomic mass is 19.4. The summed E-state index contributed by atoms with van der Waals surface area (Å²) in [6.07, 6.45) is -52.1. The molecule has 1 aromatic carbocycles. The fourth-order valence-electron chi connectivity index (χ4n) is 3.05. The third-order valence-electron chi connectivity index (χ3n) is 5.55. The van der Waals surface area contributed by atoms with Gasteiger partial charge in [0.25, 0.3) is 0 Å². The number of rotatable bonds is 13. The summed E-state index contributed by atoms with van der Waals surface area (Å²) >= 11 is 0. The average molecular weight is 820 g/mol. The maximum absolute atomic E-state index is 15.3. The van der Waals surface area contributed by atoms with Crippen molar-refractivity contribution in [2.24, 2.45) is 0 Å². The standard InChI is InChI=1S/C20H3F27O4/c1-2-3(48)49-10(4-5(21)7(23)9(25)8(24)6(4)22,17(40,41)50-19(44,45)13(30,31)11(26,27)15(34,35)36)18(42,43)51-20(46,47)14(32,33)12(28,29)16(37,38)39/h2H,1H2. The number of alkyl halides is 22. The van der Waals surface area contributed by atoms with E-state index in [-0.39, 0.29) is 0 Å². The minimum Gasteiger partial charge on any atom is -0.432 e. The molecule has 0 aromatic heterocycles. The number of carbonyl (C=O) groups is 1. The SMILES string of the molecule is C=CC(=O)OC(c1c(F)c(F)c(F)c(F)c1F)(C(F)(F)OC(F)(F)C(F)(F)C(F)(F)C(F)(F)F)C(F)(F)OC(F)(F)C(F)(F)C(F)(F)C(F)(F)F. The highest BCUT2D eigenvalue weighted by molar-refractivity contribution is 5.82. The van der Waals surface area contributed by atoms with Crippen molar-refractivity contribution >= 4 is 5.97 Å². The molecule has 31 heteroatoms. The van der Waals surface area contributed by atoms with Crippen LogP contribution in [0.1, 0.15) is 5.56 Å². The van der Waals surface area contributed by atoms with Crippen molar-refractivity contribution in [2.45, 2.75) is 66.1 Å². The average Bonchev–Trinajstić information content (AvgIpc) is 2.91. The van der Waals surface area contributed by atoms with Crippen molar-refractivity contribution in [3.63, 3.8) is 0 Å². The van der Waals surface area contributed by atoms with Crippen LogP contribution in [-0.2, 0) is 24.6 Å². The zero-order valence-electron chi connectivity index (χ0n) is 22.1. The Hall–Kier alpha value is -3.54. The van der Waals surface area contributed by atoms with E-state index >= 15 is 17.6 Å². The molecule has 296 valence electrons. The zero-order chi connectivity index (χ0) is 41.4. The number of ether oxygens (including phenoxy) is 3. The van der Waals surface area contributed by atoms with Gasteiger partial charge in [-0.3, -0.25) is 0 Å². The van der Waals surface area contributed by atoms with Gasteiger partial charge < -0.3 is 4.74 Å². The molecule has 0 atom stereocenters. The summed E-state index contributed by atoms with van der Waals surface area (Å²) in [4.78, 5) is 11.6. The molecule has 0 saturated heterocycles. The van der Waals surface area contributed by atoms with Crippen LogP contribution < -0.4 is 0 Å². The Balaban J connectivity index is 4.64. The minimum absolute atomic E-state index is 1.11. The Labute approximate surface area is 258 Å². The van der Waals surface area contributed by atoms with Gasteiger partial charge in [0, 0.05) is 6.08 Å². The second kappa shape index (κ2) is 12.6. The Bertz CT molecular complexity index is 1410. The topological polar surface area (TPSA) is 44.8 Å². The van der Waals surface area contributed by atoms with E-state index in [1.54, 1.807) is 0 Å². The van der Waals surface area contributed by atoms with Crippen molar-refractivity contribution in [1.82, 2.24) is 0 Å². The Morgan fingerprint density at radius 1 is 0.431 bits per heavy atom. The first-order chi connectivity index (χ1) is 22.0. The number of hydrogen-bond donors (Lipinski definition) is 0. The van der Waals surface area contributed by atoms with E-state index in [4.69, 9.17) is 0 Å². The maximum Gasteiger partial charge on any atom is 0.460 e. The summed E-state index contributed by atoms with van der Waals surface area (Å²) in [5.74, 6) is -59.4. The molecule has 0 unspecified atom stereocenters. The van der Waals surface area contributed by atoms with Gasteiger partial charge in [0.2, 0.25) is 5.82 Å². The van der Waals surface area contributed by atoms with Crippen LogP contribution >= 0.6 is 0 Å². The first-order valence-electron chi connectivity index (χ1n) is 11.0. The van der Waals surface area contributed by atoms with Crippen molar-refractivity contribution in [3.05, 3.63) is 47.3 Å². The molecule has 0 fully saturated rings. The molecular weight excluding hydrogens is 817 g/mol. The van der Waals surface area contributed by atoms with Crippen LogP contribution in [0.4, 0.5) is 119 Å². The largest absolute Gasteiger partial charge is 0.460 e. The van der Waals surface area contributed by atoms with Crippen molar-refractivity contribution in [3.8, 4) is 0 Å².